The van der Waals surface area contributed by atoms with Gasteiger partial charge in [0.05, 0.1) is 30.0 Å². The van der Waals surface area contributed by atoms with Crippen molar-refractivity contribution in [2.75, 3.05) is 32.1 Å². The highest BCUT2D eigenvalue weighted by molar-refractivity contribution is 8.00. The first-order chi connectivity index (χ1) is 15.1. The lowest BCUT2D eigenvalue weighted by Crippen LogP contribution is -2.48. The predicted octanol–water partition coefficient (Wildman–Crippen LogP) is 4.96. The van der Waals surface area contributed by atoms with Gasteiger partial charge in [-0.1, -0.05) is 11.6 Å². The molecule has 32 heavy (non-hydrogen) atoms. The molecule has 172 valence electrons. The van der Waals surface area contributed by atoms with Gasteiger partial charge in [-0.05, 0) is 49.4 Å². The van der Waals surface area contributed by atoms with Crippen LogP contribution in [0.2, 0.25) is 5.02 Å². The molecule has 1 saturated heterocycles. The molecular weight excluding hydrogens is 467 g/mol. The summed E-state index contributed by atoms with van der Waals surface area (Å²) in [6.07, 6.45) is -4.76. The highest BCUT2D eigenvalue weighted by atomic mass is 35.5. The molecule has 1 heterocycles. The fraction of sp³-hybridized carbons (Fsp3) is 0.364. The molecule has 0 spiro atoms. The SMILES string of the molecule is CC(=O)c1cc(Cl)ccc1OCC1CN(C(=O)CSc2ccc(C(F)(F)F)cc2)CCO1. The van der Waals surface area contributed by atoms with Crippen LogP contribution in [0.5, 0.6) is 5.75 Å². The van der Waals surface area contributed by atoms with Gasteiger partial charge in [-0.15, -0.1) is 11.8 Å². The van der Waals surface area contributed by atoms with Crippen molar-refractivity contribution in [2.45, 2.75) is 24.1 Å². The van der Waals surface area contributed by atoms with Crippen LogP contribution in [-0.4, -0.2) is 54.8 Å². The first-order valence-electron chi connectivity index (χ1n) is 9.76. The lowest BCUT2D eigenvalue weighted by Gasteiger charge is -2.33. The second kappa shape index (κ2) is 10.6. The number of nitrogens with zero attached hydrogens (tertiary/aromatic N) is 1. The zero-order valence-electron chi connectivity index (χ0n) is 17.2. The number of amides is 1. The summed E-state index contributed by atoms with van der Waals surface area (Å²) >= 11 is 7.12. The Morgan fingerprint density at radius 3 is 2.59 bits per heavy atom. The summed E-state index contributed by atoms with van der Waals surface area (Å²) in [4.78, 5) is 26.6. The zero-order chi connectivity index (χ0) is 23.3. The van der Waals surface area contributed by atoms with E-state index in [1.54, 1.807) is 17.0 Å². The molecule has 0 radical (unpaired) electrons. The number of benzene rings is 2. The molecule has 1 aliphatic heterocycles. The summed E-state index contributed by atoms with van der Waals surface area (Å²) in [5.74, 6) is 0.181. The molecule has 0 aromatic heterocycles. The van der Waals surface area contributed by atoms with Crippen LogP contribution >= 0.6 is 23.4 Å². The first-order valence-corrected chi connectivity index (χ1v) is 11.1. The summed E-state index contributed by atoms with van der Waals surface area (Å²) in [6.45, 7) is 2.64. The van der Waals surface area contributed by atoms with Gasteiger partial charge in [-0.3, -0.25) is 9.59 Å². The molecule has 10 heteroatoms. The van der Waals surface area contributed by atoms with E-state index in [0.29, 0.717) is 40.9 Å². The first kappa shape index (κ1) is 24.4. The number of ketones is 1. The Labute approximate surface area is 192 Å². The van der Waals surface area contributed by atoms with Crippen LogP contribution < -0.4 is 4.74 Å². The van der Waals surface area contributed by atoms with E-state index in [4.69, 9.17) is 21.1 Å². The van der Waals surface area contributed by atoms with Crippen LogP contribution in [0.15, 0.2) is 47.4 Å². The van der Waals surface area contributed by atoms with Crippen LogP contribution in [0.3, 0.4) is 0 Å². The number of thioether (sulfide) groups is 1. The van der Waals surface area contributed by atoms with Gasteiger partial charge < -0.3 is 14.4 Å². The summed E-state index contributed by atoms with van der Waals surface area (Å²) in [7, 11) is 0. The third kappa shape index (κ3) is 6.63. The van der Waals surface area contributed by atoms with E-state index in [2.05, 4.69) is 0 Å². The molecule has 1 unspecified atom stereocenters. The van der Waals surface area contributed by atoms with Crippen LogP contribution in [0.4, 0.5) is 13.2 Å². The van der Waals surface area contributed by atoms with Crippen molar-refractivity contribution in [2.24, 2.45) is 0 Å². The normalized spacial score (nSPS) is 16.7. The highest BCUT2D eigenvalue weighted by Gasteiger charge is 2.30. The summed E-state index contributed by atoms with van der Waals surface area (Å²) in [5, 5.41) is 0.429. The molecule has 1 amide bonds. The smallest absolute Gasteiger partial charge is 0.416 e. The molecule has 0 N–H and O–H groups in total. The second-order valence-corrected chi connectivity index (χ2v) is 8.64. The Bertz CT molecular complexity index is 969. The van der Waals surface area contributed by atoms with Crippen molar-refractivity contribution in [1.82, 2.24) is 4.90 Å². The van der Waals surface area contributed by atoms with Gasteiger partial charge in [0, 0.05) is 16.5 Å². The molecule has 1 atom stereocenters. The average Bonchev–Trinajstić information content (AvgIpc) is 2.76. The number of carbonyl (C=O) groups is 2. The number of morpholine rings is 1. The maximum Gasteiger partial charge on any atom is 0.416 e. The molecule has 2 aromatic rings. The Kier molecular flexibility index (Phi) is 8.08. The van der Waals surface area contributed by atoms with E-state index in [9.17, 15) is 22.8 Å². The standard InChI is InChI=1S/C22H21ClF3NO4S/c1-14(28)19-10-16(23)4-7-20(19)31-12-17-11-27(8-9-30-17)21(29)13-32-18-5-2-15(3-6-18)22(24,25)26/h2-7,10,17H,8-9,11-13H2,1H3. The van der Waals surface area contributed by atoms with E-state index < -0.39 is 11.7 Å². The van der Waals surface area contributed by atoms with E-state index in [0.717, 1.165) is 12.1 Å². The fourth-order valence-corrected chi connectivity index (χ4v) is 4.08. The average molecular weight is 488 g/mol. The lowest BCUT2D eigenvalue weighted by atomic mass is 10.1. The molecule has 0 bridgehead atoms. The number of alkyl halides is 3. The Morgan fingerprint density at radius 2 is 1.94 bits per heavy atom. The number of ether oxygens (including phenoxy) is 2. The van der Waals surface area contributed by atoms with Gasteiger partial charge in [0.25, 0.3) is 0 Å². The highest BCUT2D eigenvalue weighted by Crippen LogP contribution is 2.31. The molecular formula is C22H21ClF3NO4S. The van der Waals surface area contributed by atoms with Crippen LogP contribution in [0.1, 0.15) is 22.8 Å². The number of hydrogen-bond donors (Lipinski definition) is 0. The number of rotatable bonds is 7. The van der Waals surface area contributed by atoms with E-state index in [-0.39, 0.29) is 30.2 Å². The van der Waals surface area contributed by atoms with Crippen molar-refractivity contribution >= 4 is 35.1 Å². The Hall–Kier alpha value is -2.23. The lowest BCUT2D eigenvalue weighted by molar-refractivity contribution is -0.138. The van der Waals surface area contributed by atoms with Crippen molar-refractivity contribution < 1.29 is 32.2 Å². The minimum Gasteiger partial charge on any atom is -0.490 e. The van der Waals surface area contributed by atoms with Crippen molar-refractivity contribution in [1.29, 1.82) is 0 Å². The maximum atomic E-state index is 12.7. The predicted molar refractivity (Wildman–Crippen MR) is 115 cm³/mol. The number of carbonyl (C=O) groups excluding carboxylic acids is 2. The summed E-state index contributed by atoms with van der Waals surface area (Å²) in [6, 6.07) is 9.49. The minimum atomic E-state index is -4.39. The number of Topliss-reactive ketones (excluding diaryl/α,β-unsaturated/α-hetero) is 1. The van der Waals surface area contributed by atoms with Crippen LogP contribution in [0.25, 0.3) is 0 Å². The van der Waals surface area contributed by atoms with Crippen molar-refractivity contribution in [3.05, 3.63) is 58.6 Å². The van der Waals surface area contributed by atoms with E-state index in [1.807, 2.05) is 0 Å². The van der Waals surface area contributed by atoms with Crippen molar-refractivity contribution in [3.63, 3.8) is 0 Å². The van der Waals surface area contributed by atoms with E-state index in [1.165, 1.54) is 36.9 Å². The quantitative estimate of drug-likeness (QED) is 0.408. The molecule has 1 fully saturated rings. The molecule has 3 rings (SSSR count). The summed E-state index contributed by atoms with van der Waals surface area (Å²) < 4.78 is 49.4. The molecule has 0 saturated carbocycles. The van der Waals surface area contributed by atoms with Gasteiger partial charge >= 0.3 is 6.18 Å². The molecule has 0 aliphatic carbocycles. The van der Waals surface area contributed by atoms with Gasteiger partial charge in [-0.25, -0.2) is 0 Å². The summed E-state index contributed by atoms with van der Waals surface area (Å²) in [5.41, 5.74) is -0.355. The van der Waals surface area contributed by atoms with Crippen LogP contribution in [-0.2, 0) is 15.7 Å². The molecule has 2 aromatic carbocycles. The Morgan fingerprint density at radius 1 is 1.22 bits per heavy atom. The van der Waals surface area contributed by atoms with Gasteiger partial charge in [0.15, 0.2) is 5.78 Å². The second-order valence-electron chi connectivity index (χ2n) is 7.15. The third-order valence-electron chi connectivity index (χ3n) is 4.78. The van der Waals surface area contributed by atoms with Gasteiger partial charge in [0.2, 0.25) is 5.91 Å². The van der Waals surface area contributed by atoms with Crippen LogP contribution in [0, 0.1) is 0 Å². The Balaban J connectivity index is 1.51. The molecule has 5 nitrogen and oxygen atoms in total. The minimum absolute atomic E-state index is 0.102. The number of halogens is 4. The third-order valence-corrected chi connectivity index (χ3v) is 6.01. The zero-order valence-corrected chi connectivity index (χ0v) is 18.7. The van der Waals surface area contributed by atoms with Gasteiger partial charge in [-0.2, -0.15) is 13.2 Å². The van der Waals surface area contributed by atoms with Gasteiger partial charge in [0.1, 0.15) is 18.5 Å². The number of hydrogen-bond acceptors (Lipinski definition) is 5. The maximum absolute atomic E-state index is 12.7. The monoisotopic (exact) mass is 487 g/mol. The topological polar surface area (TPSA) is 55.8 Å². The van der Waals surface area contributed by atoms with E-state index >= 15 is 0 Å². The fourth-order valence-electron chi connectivity index (χ4n) is 3.11. The largest absolute Gasteiger partial charge is 0.490 e. The molecule has 1 aliphatic rings. The van der Waals surface area contributed by atoms with Crippen molar-refractivity contribution in [3.8, 4) is 5.75 Å².